The lowest BCUT2D eigenvalue weighted by Gasteiger charge is -1.95. The van der Waals surface area contributed by atoms with Crippen LogP contribution in [0.15, 0.2) is 0 Å². The third-order valence-electron chi connectivity index (χ3n) is 1.42. The van der Waals surface area contributed by atoms with Crippen molar-refractivity contribution >= 4 is 16.4 Å². The first-order chi connectivity index (χ1) is 5.08. The molecular formula is C4H4O6S. The molecule has 0 N–H and O–H groups in total. The molecule has 2 aliphatic rings. The largest absolute Gasteiger partial charge is 0.461 e. The number of carbonyl (C=O) groups excluding carboxylic acids is 1. The minimum Gasteiger partial charge on any atom is -0.461 e. The van der Waals surface area contributed by atoms with Gasteiger partial charge in [-0.15, -0.1) is 0 Å². The molecule has 0 amide bonds. The van der Waals surface area contributed by atoms with Gasteiger partial charge in [0, 0.05) is 0 Å². The SMILES string of the molecule is O=C1OCC2OS(=O)(=O)OC12. The molecule has 0 spiro atoms. The number of carbonyl (C=O) groups is 1. The van der Waals surface area contributed by atoms with Crippen LogP contribution in [0.2, 0.25) is 0 Å². The van der Waals surface area contributed by atoms with Gasteiger partial charge in [0.1, 0.15) is 6.61 Å². The molecule has 2 rings (SSSR count). The summed E-state index contributed by atoms with van der Waals surface area (Å²) in [7, 11) is -3.94. The zero-order valence-corrected chi connectivity index (χ0v) is 6.04. The summed E-state index contributed by atoms with van der Waals surface area (Å²) in [4.78, 5) is 10.7. The van der Waals surface area contributed by atoms with E-state index in [1.54, 1.807) is 0 Å². The molecule has 0 aromatic rings. The molecule has 2 atom stereocenters. The lowest BCUT2D eigenvalue weighted by Crippen LogP contribution is -2.22. The van der Waals surface area contributed by atoms with E-state index in [1.807, 2.05) is 0 Å². The number of fused-ring (bicyclic) bond motifs is 1. The maximum Gasteiger partial charge on any atom is 0.401 e. The van der Waals surface area contributed by atoms with Gasteiger partial charge < -0.3 is 4.74 Å². The summed E-state index contributed by atoms with van der Waals surface area (Å²) < 4.78 is 34.1. The Morgan fingerprint density at radius 2 is 2.09 bits per heavy atom. The third kappa shape index (κ3) is 1.01. The minimum atomic E-state index is -3.94. The normalized spacial score (nSPS) is 40.2. The van der Waals surface area contributed by atoms with Crippen molar-refractivity contribution in [2.75, 3.05) is 6.61 Å². The summed E-state index contributed by atoms with van der Waals surface area (Å²) in [5.41, 5.74) is 0. The predicted octanol–water partition coefficient (Wildman–Crippen LogP) is -1.43. The van der Waals surface area contributed by atoms with Crippen LogP contribution in [0.4, 0.5) is 0 Å². The Labute approximate surface area is 62.4 Å². The summed E-state index contributed by atoms with van der Waals surface area (Å²) in [5, 5.41) is 0. The van der Waals surface area contributed by atoms with E-state index in [0.717, 1.165) is 0 Å². The number of hydrogen-bond donors (Lipinski definition) is 0. The van der Waals surface area contributed by atoms with Crippen molar-refractivity contribution in [2.45, 2.75) is 12.2 Å². The van der Waals surface area contributed by atoms with E-state index in [2.05, 4.69) is 13.1 Å². The van der Waals surface area contributed by atoms with Crippen molar-refractivity contribution in [3.8, 4) is 0 Å². The average Bonchev–Trinajstić information content (AvgIpc) is 2.31. The van der Waals surface area contributed by atoms with Crippen LogP contribution in [0.1, 0.15) is 0 Å². The Kier molecular flexibility index (Phi) is 1.23. The molecule has 0 aromatic carbocycles. The second-order valence-corrected chi connectivity index (χ2v) is 3.39. The van der Waals surface area contributed by atoms with Gasteiger partial charge in [0.05, 0.1) is 0 Å². The van der Waals surface area contributed by atoms with Gasteiger partial charge in [-0.25, -0.2) is 13.2 Å². The zero-order valence-electron chi connectivity index (χ0n) is 5.22. The van der Waals surface area contributed by atoms with Crippen LogP contribution in [-0.2, 0) is 28.3 Å². The Morgan fingerprint density at radius 3 is 2.73 bits per heavy atom. The maximum absolute atomic E-state index is 10.7. The molecule has 2 saturated heterocycles. The van der Waals surface area contributed by atoms with Crippen LogP contribution in [0.3, 0.4) is 0 Å². The van der Waals surface area contributed by atoms with Crippen molar-refractivity contribution in [1.82, 2.24) is 0 Å². The lowest BCUT2D eigenvalue weighted by molar-refractivity contribution is -0.143. The van der Waals surface area contributed by atoms with Gasteiger partial charge in [-0.1, -0.05) is 0 Å². The highest BCUT2D eigenvalue weighted by atomic mass is 32.3. The summed E-state index contributed by atoms with van der Waals surface area (Å²) in [6, 6.07) is 0. The van der Waals surface area contributed by atoms with Crippen molar-refractivity contribution in [2.24, 2.45) is 0 Å². The highest BCUT2D eigenvalue weighted by Crippen LogP contribution is 2.26. The summed E-state index contributed by atoms with van der Waals surface area (Å²) in [5.74, 6) is -0.684. The van der Waals surface area contributed by atoms with E-state index in [0.29, 0.717) is 0 Å². The highest BCUT2D eigenvalue weighted by molar-refractivity contribution is 7.82. The van der Waals surface area contributed by atoms with Crippen LogP contribution < -0.4 is 0 Å². The Bertz CT molecular complexity index is 292. The molecule has 11 heavy (non-hydrogen) atoms. The second kappa shape index (κ2) is 1.93. The van der Waals surface area contributed by atoms with E-state index in [9.17, 15) is 13.2 Å². The molecule has 62 valence electrons. The Balaban J connectivity index is 2.29. The highest BCUT2D eigenvalue weighted by Gasteiger charge is 2.50. The van der Waals surface area contributed by atoms with Gasteiger partial charge in [0.25, 0.3) is 0 Å². The van der Waals surface area contributed by atoms with Crippen molar-refractivity contribution < 1.29 is 26.3 Å². The van der Waals surface area contributed by atoms with Gasteiger partial charge in [-0.2, -0.15) is 8.42 Å². The van der Waals surface area contributed by atoms with E-state index in [1.165, 1.54) is 0 Å². The summed E-state index contributed by atoms with van der Waals surface area (Å²) in [6.45, 7) is -0.0528. The van der Waals surface area contributed by atoms with Crippen LogP contribution in [0, 0.1) is 0 Å². The second-order valence-electron chi connectivity index (χ2n) is 2.19. The summed E-state index contributed by atoms with van der Waals surface area (Å²) in [6.07, 6.45) is -1.87. The molecule has 0 aliphatic carbocycles. The Morgan fingerprint density at radius 1 is 1.36 bits per heavy atom. The van der Waals surface area contributed by atoms with Crippen LogP contribution in [-0.4, -0.2) is 33.2 Å². The van der Waals surface area contributed by atoms with E-state index in [-0.39, 0.29) is 6.61 Å². The van der Waals surface area contributed by atoms with Gasteiger partial charge in [0.2, 0.25) is 6.10 Å². The molecule has 0 radical (unpaired) electrons. The molecule has 2 heterocycles. The zero-order chi connectivity index (χ0) is 8.06. The third-order valence-corrected chi connectivity index (χ3v) is 2.35. The molecule has 2 unspecified atom stereocenters. The summed E-state index contributed by atoms with van der Waals surface area (Å²) >= 11 is 0. The van der Waals surface area contributed by atoms with Crippen LogP contribution in [0.25, 0.3) is 0 Å². The molecule has 0 saturated carbocycles. The molecule has 2 aliphatic heterocycles. The maximum atomic E-state index is 10.7. The topological polar surface area (TPSA) is 78.9 Å². The van der Waals surface area contributed by atoms with Crippen LogP contribution in [0.5, 0.6) is 0 Å². The minimum absolute atomic E-state index is 0.0528. The van der Waals surface area contributed by atoms with E-state index < -0.39 is 28.6 Å². The lowest BCUT2D eigenvalue weighted by atomic mass is 10.3. The first-order valence-electron chi connectivity index (χ1n) is 2.87. The van der Waals surface area contributed by atoms with Crippen molar-refractivity contribution in [1.29, 1.82) is 0 Å². The number of cyclic esters (lactones) is 1. The quantitative estimate of drug-likeness (QED) is 0.425. The van der Waals surface area contributed by atoms with Gasteiger partial charge in [0.15, 0.2) is 6.10 Å². The first kappa shape index (κ1) is 7.01. The van der Waals surface area contributed by atoms with Gasteiger partial charge >= 0.3 is 16.4 Å². The number of hydrogen-bond acceptors (Lipinski definition) is 6. The van der Waals surface area contributed by atoms with E-state index in [4.69, 9.17) is 0 Å². The monoisotopic (exact) mass is 180 g/mol. The number of ether oxygens (including phenoxy) is 1. The van der Waals surface area contributed by atoms with E-state index >= 15 is 0 Å². The fourth-order valence-corrected chi connectivity index (χ4v) is 1.93. The molecule has 2 fully saturated rings. The predicted molar refractivity (Wildman–Crippen MR) is 29.6 cm³/mol. The fourth-order valence-electron chi connectivity index (χ4n) is 0.966. The van der Waals surface area contributed by atoms with Crippen LogP contribution >= 0.6 is 0 Å². The smallest absolute Gasteiger partial charge is 0.401 e. The van der Waals surface area contributed by atoms with Crippen molar-refractivity contribution in [3.05, 3.63) is 0 Å². The number of esters is 1. The molecule has 6 nitrogen and oxygen atoms in total. The first-order valence-corrected chi connectivity index (χ1v) is 4.20. The fraction of sp³-hybridized carbons (Fsp3) is 0.750. The van der Waals surface area contributed by atoms with Gasteiger partial charge in [-0.05, 0) is 0 Å². The molecular weight excluding hydrogens is 176 g/mol. The molecule has 0 aromatic heterocycles. The average molecular weight is 180 g/mol. The van der Waals surface area contributed by atoms with Crippen molar-refractivity contribution in [3.63, 3.8) is 0 Å². The Hall–Kier alpha value is -0.660. The standard InChI is InChI=1S/C4H4O6S/c5-4-3-2(1-8-4)9-11(6,7)10-3/h2-3H,1H2. The number of rotatable bonds is 0. The molecule has 0 bridgehead atoms. The van der Waals surface area contributed by atoms with Gasteiger partial charge in [-0.3, -0.25) is 0 Å². The molecule has 7 heteroatoms.